The van der Waals surface area contributed by atoms with Crippen LogP contribution in [0, 0.1) is 0 Å². The zero-order valence-electron chi connectivity index (χ0n) is 18.5. The van der Waals surface area contributed by atoms with Gasteiger partial charge in [0.15, 0.2) is 0 Å². The number of benzene rings is 1. The van der Waals surface area contributed by atoms with Crippen molar-refractivity contribution in [1.29, 1.82) is 0 Å². The first kappa shape index (κ1) is 22.7. The maximum atomic E-state index is 12.8. The highest BCUT2D eigenvalue weighted by molar-refractivity contribution is 7.92. The SMILES string of the molecule is O=C1NC2(CCCCC2)C(=O)N1N=Cc1ccc(-c2ccc(S(=O)(=O)Nc3ncccn3)cc2)o1. The monoisotopic (exact) mass is 494 g/mol. The molecule has 1 spiro atoms. The number of aromatic nitrogens is 2. The van der Waals surface area contributed by atoms with Crippen LogP contribution in [0.2, 0.25) is 0 Å². The van der Waals surface area contributed by atoms with Crippen molar-refractivity contribution in [2.45, 2.75) is 42.5 Å². The molecule has 12 heteroatoms. The second kappa shape index (κ2) is 8.95. The number of nitrogens with zero attached hydrogens (tertiary/aromatic N) is 4. The Balaban J connectivity index is 1.28. The lowest BCUT2D eigenvalue weighted by Gasteiger charge is -2.29. The Hall–Kier alpha value is -4.06. The number of urea groups is 1. The summed E-state index contributed by atoms with van der Waals surface area (Å²) >= 11 is 0. The Morgan fingerprint density at radius 2 is 1.74 bits per heavy atom. The van der Waals surface area contributed by atoms with Crippen LogP contribution >= 0.6 is 0 Å². The van der Waals surface area contributed by atoms with E-state index in [1.165, 1.54) is 30.7 Å². The summed E-state index contributed by atoms with van der Waals surface area (Å²) in [5.74, 6) is 0.447. The second-order valence-corrected chi connectivity index (χ2v) is 10.0. The van der Waals surface area contributed by atoms with E-state index in [1.807, 2.05) is 0 Å². The minimum atomic E-state index is -3.85. The number of anilines is 1. The number of nitrogens with one attached hydrogen (secondary N) is 2. The highest BCUT2D eigenvalue weighted by atomic mass is 32.2. The maximum absolute atomic E-state index is 12.8. The molecule has 3 heterocycles. The normalized spacial score (nSPS) is 17.8. The van der Waals surface area contributed by atoms with Crippen LogP contribution in [-0.4, -0.2) is 47.1 Å². The van der Waals surface area contributed by atoms with Crippen LogP contribution in [0.3, 0.4) is 0 Å². The number of hydrogen-bond acceptors (Lipinski definition) is 8. The second-order valence-electron chi connectivity index (χ2n) is 8.34. The van der Waals surface area contributed by atoms with Crippen molar-refractivity contribution in [1.82, 2.24) is 20.3 Å². The fraction of sp³-hybridized carbons (Fsp3) is 0.261. The molecule has 1 saturated carbocycles. The molecule has 2 aromatic heterocycles. The Labute approximate surface area is 201 Å². The molecule has 0 bridgehead atoms. The van der Waals surface area contributed by atoms with Gasteiger partial charge in [-0.1, -0.05) is 19.3 Å². The first-order valence-corrected chi connectivity index (χ1v) is 12.6. The highest BCUT2D eigenvalue weighted by Crippen LogP contribution is 2.33. The first-order valence-electron chi connectivity index (χ1n) is 11.1. The van der Waals surface area contributed by atoms with E-state index in [9.17, 15) is 18.0 Å². The first-order chi connectivity index (χ1) is 16.9. The third-order valence-corrected chi connectivity index (χ3v) is 7.36. The molecule has 1 aliphatic carbocycles. The van der Waals surface area contributed by atoms with Gasteiger partial charge >= 0.3 is 6.03 Å². The van der Waals surface area contributed by atoms with Crippen LogP contribution < -0.4 is 10.0 Å². The number of hydrazone groups is 1. The van der Waals surface area contributed by atoms with E-state index < -0.39 is 21.6 Å². The molecule has 35 heavy (non-hydrogen) atoms. The summed E-state index contributed by atoms with van der Waals surface area (Å²) in [6, 6.07) is 10.5. The summed E-state index contributed by atoms with van der Waals surface area (Å²) in [5.41, 5.74) is -0.208. The van der Waals surface area contributed by atoms with Gasteiger partial charge in [-0.15, -0.1) is 5.01 Å². The third kappa shape index (κ3) is 4.52. The molecule has 0 atom stereocenters. The lowest BCUT2D eigenvalue weighted by Crippen LogP contribution is -2.48. The molecule has 2 aliphatic rings. The van der Waals surface area contributed by atoms with Crippen molar-refractivity contribution >= 4 is 34.1 Å². The van der Waals surface area contributed by atoms with E-state index in [-0.39, 0.29) is 16.8 Å². The van der Waals surface area contributed by atoms with Gasteiger partial charge in [-0.25, -0.2) is 27.9 Å². The van der Waals surface area contributed by atoms with Crippen LogP contribution in [0.25, 0.3) is 11.3 Å². The summed E-state index contributed by atoms with van der Waals surface area (Å²) < 4.78 is 33.1. The smallest absolute Gasteiger partial charge is 0.346 e. The zero-order valence-corrected chi connectivity index (χ0v) is 19.4. The predicted molar refractivity (Wildman–Crippen MR) is 126 cm³/mol. The van der Waals surface area contributed by atoms with Crippen LogP contribution in [-0.2, 0) is 14.8 Å². The van der Waals surface area contributed by atoms with Gasteiger partial charge in [-0.3, -0.25) is 4.79 Å². The van der Waals surface area contributed by atoms with Crippen molar-refractivity contribution in [2.24, 2.45) is 5.10 Å². The summed E-state index contributed by atoms with van der Waals surface area (Å²) in [4.78, 5) is 32.9. The van der Waals surface area contributed by atoms with Gasteiger partial charge in [-0.2, -0.15) is 5.10 Å². The molecule has 0 unspecified atom stereocenters. The van der Waals surface area contributed by atoms with E-state index >= 15 is 0 Å². The number of imide groups is 1. The molecule has 11 nitrogen and oxygen atoms in total. The zero-order chi connectivity index (χ0) is 24.5. The Morgan fingerprint density at radius 3 is 2.46 bits per heavy atom. The maximum Gasteiger partial charge on any atom is 0.346 e. The summed E-state index contributed by atoms with van der Waals surface area (Å²) in [5, 5.41) is 7.71. The fourth-order valence-corrected chi connectivity index (χ4v) is 5.18. The lowest BCUT2D eigenvalue weighted by molar-refractivity contribution is -0.132. The molecule has 1 aromatic carbocycles. The quantitative estimate of drug-likeness (QED) is 0.395. The van der Waals surface area contributed by atoms with E-state index in [4.69, 9.17) is 4.42 Å². The molecular formula is C23H22N6O5S. The minimum absolute atomic E-state index is 0.0221. The number of rotatable bonds is 6. The average Bonchev–Trinajstić information content (AvgIpc) is 3.42. The van der Waals surface area contributed by atoms with E-state index in [2.05, 4.69) is 25.1 Å². The Bertz CT molecular complexity index is 1380. The van der Waals surface area contributed by atoms with E-state index in [0.29, 0.717) is 29.9 Å². The minimum Gasteiger partial charge on any atom is -0.455 e. The number of hydrogen-bond donors (Lipinski definition) is 2. The number of sulfonamides is 1. The standard InChI is InChI=1S/C23H22N6O5S/c30-20-23(11-2-1-3-12-23)27-22(31)29(20)26-15-17-7-10-19(34-17)16-5-8-18(9-6-16)35(32,33)28-21-24-13-4-14-25-21/h4-10,13-15H,1-3,11-12H2,(H,27,31)(H,24,25,28). The van der Waals surface area contributed by atoms with Crippen molar-refractivity contribution in [3.05, 3.63) is 60.6 Å². The van der Waals surface area contributed by atoms with Crippen LogP contribution in [0.5, 0.6) is 0 Å². The largest absolute Gasteiger partial charge is 0.455 e. The van der Waals surface area contributed by atoms with Crippen LogP contribution in [0.1, 0.15) is 37.9 Å². The van der Waals surface area contributed by atoms with Gasteiger partial charge in [0.2, 0.25) is 5.95 Å². The van der Waals surface area contributed by atoms with Gasteiger partial charge in [0.05, 0.1) is 11.1 Å². The van der Waals surface area contributed by atoms with Crippen molar-refractivity contribution in [3.8, 4) is 11.3 Å². The lowest BCUT2D eigenvalue weighted by atomic mass is 9.82. The highest BCUT2D eigenvalue weighted by Gasteiger charge is 2.51. The number of carbonyl (C=O) groups excluding carboxylic acids is 2. The number of amides is 3. The predicted octanol–water partition coefficient (Wildman–Crippen LogP) is 3.13. The molecule has 3 aromatic rings. The molecule has 2 N–H and O–H groups in total. The van der Waals surface area contributed by atoms with Gasteiger partial charge in [-0.05, 0) is 55.3 Å². The molecular weight excluding hydrogens is 472 g/mol. The molecule has 2 fully saturated rings. The van der Waals surface area contributed by atoms with Crippen LogP contribution in [0.15, 0.2) is 69.3 Å². The molecule has 180 valence electrons. The summed E-state index contributed by atoms with van der Waals surface area (Å²) in [6.07, 6.45) is 8.25. The van der Waals surface area contributed by atoms with Crippen molar-refractivity contribution < 1.29 is 22.4 Å². The topological polar surface area (TPSA) is 147 Å². The molecule has 5 rings (SSSR count). The van der Waals surface area contributed by atoms with Gasteiger partial charge in [0, 0.05) is 18.0 Å². The fourth-order valence-electron chi connectivity index (χ4n) is 4.23. The van der Waals surface area contributed by atoms with Crippen LogP contribution in [0.4, 0.5) is 10.7 Å². The van der Waals surface area contributed by atoms with E-state index in [1.54, 1.807) is 30.3 Å². The third-order valence-electron chi connectivity index (χ3n) is 6.02. The van der Waals surface area contributed by atoms with Gasteiger partial charge < -0.3 is 9.73 Å². The van der Waals surface area contributed by atoms with Crippen molar-refractivity contribution in [3.63, 3.8) is 0 Å². The Kier molecular flexibility index (Phi) is 5.81. The number of furan rings is 1. The average molecular weight is 495 g/mol. The molecule has 1 saturated heterocycles. The summed E-state index contributed by atoms with van der Waals surface area (Å²) in [6.45, 7) is 0. The van der Waals surface area contributed by atoms with E-state index in [0.717, 1.165) is 24.3 Å². The molecule has 3 amide bonds. The molecule has 1 aliphatic heterocycles. The Morgan fingerprint density at radius 1 is 1.03 bits per heavy atom. The number of carbonyl (C=O) groups is 2. The van der Waals surface area contributed by atoms with Gasteiger partial charge in [0.1, 0.15) is 17.1 Å². The van der Waals surface area contributed by atoms with Crippen molar-refractivity contribution in [2.75, 3.05) is 4.72 Å². The summed E-state index contributed by atoms with van der Waals surface area (Å²) in [7, 11) is -3.85. The van der Waals surface area contributed by atoms with Gasteiger partial charge in [0.25, 0.3) is 15.9 Å². The molecule has 0 radical (unpaired) electrons.